The van der Waals surface area contributed by atoms with Crippen LogP contribution in [-0.2, 0) is 0 Å². The Morgan fingerprint density at radius 2 is 1.78 bits per heavy atom. The molecule has 0 atom stereocenters. The molecular weight excluding hydrogens is 348 g/mol. The van der Waals surface area contributed by atoms with Gasteiger partial charge in [0.2, 0.25) is 11.6 Å². The number of aromatic nitrogens is 4. The molecule has 0 aliphatic heterocycles. The molecule has 0 amide bonds. The zero-order valence-electron chi connectivity index (χ0n) is 14.6. The van der Waals surface area contributed by atoms with Gasteiger partial charge in [-0.25, -0.2) is 19.9 Å². The van der Waals surface area contributed by atoms with Crippen LogP contribution in [0.1, 0.15) is 5.56 Å². The minimum atomic E-state index is 0.194. The van der Waals surface area contributed by atoms with Gasteiger partial charge in [-0.2, -0.15) is 0 Å². The summed E-state index contributed by atoms with van der Waals surface area (Å²) in [6.07, 6.45) is 2.81. The summed E-state index contributed by atoms with van der Waals surface area (Å²) in [7, 11) is 1.53. The van der Waals surface area contributed by atoms with Crippen LogP contribution in [-0.4, -0.2) is 32.2 Å². The lowest BCUT2D eigenvalue weighted by Gasteiger charge is -2.09. The van der Waals surface area contributed by atoms with E-state index in [1.165, 1.54) is 19.8 Å². The number of hydrazine groups is 1. The standard InChI is InChI=1S/C18H16N6O3/c1-10-15-17(24-23-13-7-14(26-2)20-8-19-13)21-9-22-18(15)27-16(10)11-3-5-12(25)6-4-11/h3-9,25H,1-2H3,(H,19,20,23)(H,21,22,24). The van der Waals surface area contributed by atoms with Gasteiger partial charge in [0.25, 0.3) is 0 Å². The van der Waals surface area contributed by atoms with Crippen LogP contribution in [0.3, 0.4) is 0 Å². The first-order chi connectivity index (χ1) is 13.2. The number of benzene rings is 1. The molecule has 0 spiro atoms. The number of hydrogen-bond acceptors (Lipinski definition) is 9. The third kappa shape index (κ3) is 3.17. The molecular formula is C18H16N6O3. The maximum atomic E-state index is 9.48. The summed E-state index contributed by atoms with van der Waals surface area (Å²) < 4.78 is 11.0. The molecule has 27 heavy (non-hydrogen) atoms. The Labute approximate surface area is 154 Å². The second-order valence-corrected chi connectivity index (χ2v) is 5.70. The molecule has 0 saturated heterocycles. The lowest BCUT2D eigenvalue weighted by Crippen LogP contribution is -2.12. The first kappa shape index (κ1) is 16.6. The van der Waals surface area contributed by atoms with E-state index < -0.39 is 0 Å². The quantitative estimate of drug-likeness (QED) is 0.459. The molecule has 0 saturated carbocycles. The monoisotopic (exact) mass is 364 g/mol. The fourth-order valence-corrected chi connectivity index (χ4v) is 2.70. The van der Waals surface area contributed by atoms with Gasteiger partial charge < -0.3 is 14.3 Å². The summed E-state index contributed by atoms with van der Waals surface area (Å²) in [6.45, 7) is 1.93. The van der Waals surface area contributed by atoms with Gasteiger partial charge in [-0.1, -0.05) is 0 Å². The second kappa shape index (κ2) is 6.79. The summed E-state index contributed by atoms with van der Waals surface area (Å²) >= 11 is 0. The Hall–Kier alpha value is -3.88. The smallest absolute Gasteiger partial charge is 0.232 e. The van der Waals surface area contributed by atoms with Crippen molar-refractivity contribution >= 4 is 22.7 Å². The Kier molecular flexibility index (Phi) is 4.17. The SMILES string of the molecule is COc1cc(NNc2ncnc3oc(-c4ccc(O)cc4)c(C)c23)ncn1. The number of nitrogens with one attached hydrogen (secondary N) is 2. The van der Waals surface area contributed by atoms with E-state index >= 15 is 0 Å². The van der Waals surface area contributed by atoms with E-state index in [0.29, 0.717) is 29.0 Å². The highest BCUT2D eigenvalue weighted by molar-refractivity contribution is 5.93. The highest BCUT2D eigenvalue weighted by Crippen LogP contribution is 2.35. The third-order valence-corrected chi connectivity index (χ3v) is 4.02. The minimum Gasteiger partial charge on any atom is -0.508 e. The van der Waals surface area contributed by atoms with Crippen molar-refractivity contribution in [2.75, 3.05) is 18.0 Å². The lowest BCUT2D eigenvalue weighted by atomic mass is 10.1. The van der Waals surface area contributed by atoms with Gasteiger partial charge in [-0.15, -0.1) is 0 Å². The van der Waals surface area contributed by atoms with Crippen molar-refractivity contribution in [1.82, 2.24) is 19.9 Å². The normalized spacial score (nSPS) is 10.7. The van der Waals surface area contributed by atoms with E-state index in [0.717, 1.165) is 16.5 Å². The van der Waals surface area contributed by atoms with Crippen LogP contribution in [0.25, 0.3) is 22.4 Å². The molecule has 9 nitrogen and oxygen atoms in total. The molecule has 0 radical (unpaired) electrons. The van der Waals surface area contributed by atoms with Crippen LogP contribution >= 0.6 is 0 Å². The maximum absolute atomic E-state index is 9.48. The minimum absolute atomic E-state index is 0.194. The van der Waals surface area contributed by atoms with Gasteiger partial charge in [-0.05, 0) is 31.2 Å². The number of rotatable bonds is 5. The molecule has 0 bridgehead atoms. The summed E-state index contributed by atoms with van der Waals surface area (Å²) in [5.41, 5.74) is 8.15. The van der Waals surface area contributed by atoms with Crippen LogP contribution in [0.15, 0.2) is 47.4 Å². The Morgan fingerprint density at radius 3 is 2.56 bits per heavy atom. The molecule has 1 aromatic carbocycles. The number of fused-ring (bicyclic) bond motifs is 1. The molecule has 4 aromatic rings. The molecule has 9 heteroatoms. The van der Waals surface area contributed by atoms with Gasteiger partial charge in [0, 0.05) is 17.2 Å². The summed E-state index contributed by atoms with van der Waals surface area (Å²) in [6, 6.07) is 8.43. The van der Waals surface area contributed by atoms with Gasteiger partial charge in [0.15, 0.2) is 11.6 Å². The molecule has 0 aliphatic carbocycles. The van der Waals surface area contributed by atoms with E-state index in [1.54, 1.807) is 30.3 Å². The highest BCUT2D eigenvalue weighted by Gasteiger charge is 2.17. The summed E-state index contributed by atoms with van der Waals surface area (Å²) in [4.78, 5) is 16.6. The Balaban J connectivity index is 1.68. The number of hydrogen-bond donors (Lipinski definition) is 3. The number of phenolic OH excluding ortho intramolecular Hbond substituents is 1. The predicted molar refractivity (Wildman–Crippen MR) is 99.5 cm³/mol. The second-order valence-electron chi connectivity index (χ2n) is 5.70. The zero-order valence-corrected chi connectivity index (χ0v) is 14.6. The molecule has 0 fully saturated rings. The van der Waals surface area contributed by atoms with Gasteiger partial charge in [0.1, 0.15) is 24.2 Å². The molecule has 0 unspecified atom stereocenters. The van der Waals surface area contributed by atoms with E-state index in [1.807, 2.05) is 6.92 Å². The summed E-state index contributed by atoms with van der Waals surface area (Å²) in [5, 5.41) is 10.2. The van der Waals surface area contributed by atoms with E-state index in [9.17, 15) is 5.11 Å². The molecule has 3 heterocycles. The van der Waals surface area contributed by atoms with Crippen LogP contribution in [0.2, 0.25) is 0 Å². The first-order valence-corrected chi connectivity index (χ1v) is 8.07. The molecule has 136 valence electrons. The molecule has 3 aromatic heterocycles. The highest BCUT2D eigenvalue weighted by atomic mass is 16.5. The zero-order chi connectivity index (χ0) is 18.8. The number of ether oxygens (including phenoxy) is 1. The van der Waals surface area contributed by atoms with E-state index in [4.69, 9.17) is 9.15 Å². The van der Waals surface area contributed by atoms with Crippen LogP contribution in [0, 0.1) is 6.92 Å². The van der Waals surface area contributed by atoms with Gasteiger partial charge in [-0.3, -0.25) is 10.9 Å². The number of aryl methyl sites for hydroxylation is 1. The largest absolute Gasteiger partial charge is 0.508 e. The maximum Gasteiger partial charge on any atom is 0.232 e. The number of aromatic hydroxyl groups is 1. The predicted octanol–water partition coefficient (Wildman–Crippen LogP) is 3.14. The van der Waals surface area contributed by atoms with Crippen molar-refractivity contribution < 1.29 is 14.3 Å². The van der Waals surface area contributed by atoms with Crippen molar-refractivity contribution in [3.63, 3.8) is 0 Å². The number of methoxy groups -OCH3 is 1. The fraction of sp³-hybridized carbons (Fsp3) is 0.111. The van der Waals surface area contributed by atoms with Crippen molar-refractivity contribution in [1.29, 1.82) is 0 Å². The van der Waals surface area contributed by atoms with Crippen molar-refractivity contribution in [2.24, 2.45) is 0 Å². The average Bonchev–Trinajstić information content (AvgIpc) is 3.04. The summed E-state index contributed by atoms with van der Waals surface area (Å²) in [5.74, 6) is 2.37. The van der Waals surface area contributed by atoms with Crippen LogP contribution < -0.4 is 15.6 Å². The first-order valence-electron chi connectivity index (χ1n) is 8.07. The Morgan fingerprint density at radius 1 is 1.00 bits per heavy atom. The lowest BCUT2D eigenvalue weighted by molar-refractivity contribution is 0.397. The van der Waals surface area contributed by atoms with Crippen LogP contribution in [0.5, 0.6) is 11.6 Å². The van der Waals surface area contributed by atoms with E-state index in [2.05, 4.69) is 30.8 Å². The van der Waals surface area contributed by atoms with Gasteiger partial charge >= 0.3 is 0 Å². The number of furan rings is 1. The number of phenols is 1. The average molecular weight is 364 g/mol. The molecule has 3 N–H and O–H groups in total. The number of anilines is 2. The Bertz CT molecular complexity index is 1090. The van der Waals surface area contributed by atoms with E-state index in [-0.39, 0.29) is 5.75 Å². The number of nitrogens with zero attached hydrogens (tertiary/aromatic N) is 4. The van der Waals surface area contributed by atoms with Gasteiger partial charge in [0.05, 0.1) is 12.5 Å². The molecule has 0 aliphatic rings. The topological polar surface area (TPSA) is 118 Å². The van der Waals surface area contributed by atoms with Crippen molar-refractivity contribution in [3.8, 4) is 23.0 Å². The third-order valence-electron chi connectivity index (χ3n) is 4.02. The van der Waals surface area contributed by atoms with Crippen molar-refractivity contribution in [3.05, 3.63) is 48.5 Å². The van der Waals surface area contributed by atoms with Crippen molar-refractivity contribution in [2.45, 2.75) is 6.92 Å². The van der Waals surface area contributed by atoms with Crippen LogP contribution in [0.4, 0.5) is 11.6 Å². The fourth-order valence-electron chi connectivity index (χ4n) is 2.70. The molecule has 4 rings (SSSR count).